The fourth-order valence-electron chi connectivity index (χ4n) is 2.59. The van der Waals surface area contributed by atoms with Crippen molar-refractivity contribution in [2.24, 2.45) is 5.73 Å². The number of amides is 1. The SMILES string of the molecule is NC(=O)c1cc(F)c(=S)[nH]c1Nc1ccc(N2CCOCC2)c(F)c1. The van der Waals surface area contributed by atoms with Crippen LogP contribution in [0.25, 0.3) is 0 Å². The number of primary amides is 1. The molecule has 6 nitrogen and oxygen atoms in total. The van der Waals surface area contributed by atoms with Crippen molar-refractivity contribution in [3.05, 3.63) is 46.1 Å². The number of anilines is 3. The summed E-state index contributed by atoms with van der Waals surface area (Å²) >= 11 is 4.82. The van der Waals surface area contributed by atoms with E-state index in [9.17, 15) is 13.6 Å². The highest BCUT2D eigenvalue weighted by molar-refractivity contribution is 7.71. The first kappa shape index (κ1) is 17.3. The molecule has 0 spiro atoms. The number of carbonyl (C=O) groups excluding carboxylic acids is 1. The van der Waals surface area contributed by atoms with Crippen LogP contribution in [-0.2, 0) is 4.74 Å². The minimum atomic E-state index is -0.835. The molecule has 1 aromatic carbocycles. The number of nitrogens with zero attached hydrogens (tertiary/aromatic N) is 1. The first-order valence-corrected chi connectivity index (χ1v) is 7.98. The maximum Gasteiger partial charge on any atom is 0.252 e. The highest BCUT2D eigenvalue weighted by Gasteiger charge is 2.16. The van der Waals surface area contributed by atoms with Gasteiger partial charge in [0.1, 0.15) is 16.3 Å². The Morgan fingerprint density at radius 3 is 2.60 bits per heavy atom. The summed E-state index contributed by atoms with van der Waals surface area (Å²) in [6, 6.07) is 5.52. The van der Waals surface area contributed by atoms with Gasteiger partial charge in [-0.25, -0.2) is 8.78 Å². The second kappa shape index (κ2) is 7.16. The van der Waals surface area contributed by atoms with Crippen LogP contribution in [0.3, 0.4) is 0 Å². The first-order chi connectivity index (χ1) is 12.0. The fourth-order valence-corrected chi connectivity index (χ4v) is 2.75. The van der Waals surface area contributed by atoms with Gasteiger partial charge >= 0.3 is 0 Å². The standard InChI is InChI=1S/C16H16F2N4O2S/c17-11-7-9(1-2-13(11)22-3-5-24-6-4-22)20-15-10(14(19)23)8-12(18)16(25)21-15/h1-2,7-8H,3-6H2,(H2,19,23)(H2,20,21,25). The predicted octanol–water partition coefficient (Wildman–Crippen LogP) is 2.70. The zero-order chi connectivity index (χ0) is 18.0. The molecule has 3 rings (SSSR count). The molecule has 0 atom stereocenters. The number of rotatable bonds is 4. The van der Waals surface area contributed by atoms with E-state index in [1.165, 1.54) is 6.07 Å². The van der Waals surface area contributed by atoms with Gasteiger partial charge in [0.25, 0.3) is 5.91 Å². The first-order valence-electron chi connectivity index (χ1n) is 7.57. The summed E-state index contributed by atoms with van der Waals surface area (Å²) in [5, 5.41) is 2.82. The fraction of sp³-hybridized carbons (Fsp3) is 0.250. The van der Waals surface area contributed by atoms with Crippen LogP contribution in [-0.4, -0.2) is 37.2 Å². The van der Waals surface area contributed by atoms with Gasteiger partial charge in [-0.15, -0.1) is 0 Å². The molecule has 0 bridgehead atoms. The summed E-state index contributed by atoms with van der Waals surface area (Å²) < 4.78 is 33.0. The van der Waals surface area contributed by atoms with Gasteiger partial charge < -0.3 is 25.7 Å². The van der Waals surface area contributed by atoms with Gasteiger partial charge in [0, 0.05) is 18.8 Å². The van der Waals surface area contributed by atoms with Gasteiger partial charge in [-0.1, -0.05) is 12.2 Å². The van der Waals surface area contributed by atoms with Crippen LogP contribution in [0.2, 0.25) is 0 Å². The lowest BCUT2D eigenvalue weighted by molar-refractivity contribution is 0.100. The molecule has 1 aliphatic rings. The number of benzene rings is 1. The number of pyridine rings is 1. The van der Waals surface area contributed by atoms with Crippen molar-refractivity contribution in [3.63, 3.8) is 0 Å². The minimum Gasteiger partial charge on any atom is -0.378 e. The van der Waals surface area contributed by atoms with Crippen LogP contribution in [0.1, 0.15) is 10.4 Å². The predicted molar refractivity (Wildman–Crippen MR) is 92.8 cm³/mol. The molecule has 9 heteroatoms. The molecule has 2 heterocycles. The third-order valence-corrected chi connectivity index (χ3v) is 4.13. The molecule has 132 valence electrons. The Morgan fingerprint density at radius 1 is 1.24 bits per heavy atom. The summed E-state index contributed by atoms with van der Waals surface area (Å²) in [5.41, 5.74) is 5.98. The number of halogens is 2. The largest absolute Gasteiger partial charge is 0.378 e. The van der Waals surface area contributed by atoms with Crippen LogP contribution in [0.4, 0.5) is 26.0 Å². The molecule has 1 fully saturated rings. The van der Waals surface area contributed by atoms with E-state index in [2.05, 4.69) is 10.3 Å². The number of ether oxygens (including phenoxy) is 1. The summed E-state index contributed by atoms with van der Waals surface area (Å²) in [6.07, 6.45) is 0. The average molecular weight is 366 g/mol. The quantitative estimate of drug-likeness (QED) is 0.725. The maximum atomic E-state index is 14.4. The molecule has 1 saturated heterocycles. The second-order valence-electron chi connectivity index (χ2n) is 5.49. The number of nitrogens with one attached hydrogen (secondary N) is 2. The van der Waals surface area contributed by atoms with Crippen LogP contribution >= 0.6 is 12.2 Å². The van der Waals surface area contributed by atoms with Crippen LogP contribution < -0.4 is 16.0 Å². The number of H-pyrrole nitrogens is 1. The number of hydrogen-bond donors (Lipinski definition) is 3. The number of carbonyl (C=O) groups is 1. The van der Waals surface area contributed by atoms with Crippen molar-refractivity contribution < 1.29 is 18.3 Å². The van der Waals surface area contributed by atoms with E-state index in [1.807, 2.05) is 4.90 Å². The lowest BCUT2D eigenvalue weighted by atomic mass is 10.2. The maximum absolute atomic E-state index is 14.4. The summed E-state index contributed by atoms with van der Waals surface area (Å²) in [6.45, 7) is 2.32. The zero-order valence-corrected chi connectivity index (χ0v) is 14.0. The summed E-state index contributed by atoms with van der Waals surface area (Å²) in [4.78, 5) is 15.9. The molecule has 1 aromatic heterocycles. The molecule has 0 radical (unpaired) electrons. The number of morpholine rings is 1. The van der Waals surface area contributed by atoms with Crippen LogP contribution in [0.5, 0.6) is 0 Å². The van der Waals surface area contributed by atoms with Crippen LogP contribution in [0, 0.1) is 16.3 Å². The zero-order valence-electron chi connectivity index (χ0n) is 13.1. The van der Waals surface area contributed by atoms with E-state index in [4.69, 9.17) is 22.7 Å². The van der Waals surface area contributed by atoms with E-state index in [0.29, 0.717) is 37.7 Å². The molecule has 4 N–H and O–H groups in total. The third kappa shape index (κ3) is 3.77. The van der Waals surface area contributed by atoms with Crippen molar-refractivity contribution in [1.82, 2.24) is 4.98 Å². The molecular formula is C16H16F2N4O2S. The Kier molecular flexibility index (Phi) is 4.95. The normalized spacial score (nSPS) is 14.4. The van der Waals surface area contributed by atoms with E-state index >= 15 is 0 Å². The molecule has 0 saturated carbocycles. The smallest absolute Gasteiger partial charge is 0.252 e. The van der Waals surface area contributed by atoms with E-state index in [1.54, 1.807) is 12.1 Å². The number of hydrogen-bond acceptors (Lipinski definition) is 5. The minimum absolute atomic E-state index is 0.108. The summed E-state index contributed by atoms with van der Waals surface area (Å²) in [7, 11) is 0. The molecule has 2 aromatic rings. The molecule has 25 heavy (non-hydrogen) atoms. The van der Waals surface area contributed by atoms with Crippen molar-refractivity contribution in [3.8, 4) is 0 Å². The topological polar surface area (TPSA) is 83.4 Å². The van der Waals surface area contributed by atoms with Gasteiger partial charge in [-0.2, -0.15) is 0 Å². The molecule has 0 aliphatic carbocycles. The van der Waals surface area contributed by atoms with Crippen molar-refractivity contribution >= 4 is 35.3 Å². The molecule has 1 aliphatic heterocycles. The Labute approximate surface area is 147 Å². The van der Waals surface area contributed by atoms with Crippen molar-refractivity contribution in [2.45, 2.75) is 0 Å². The second-order valence-corrected chi connectivity index (χ2v) is 5.90. The Balaban J connectivity index is 1.89. The van der Waals surface area contributed by atoms with E-state index in [-0.39, 0.29) is 16.0 Å². The molecule has 0 unspecified atom stereocenters. The van der Waals surface area contributed by atoms with E-state index < -0.39 is 17.5 Å². The lowest BCUT2D eigenvalue weighted by Gasteiger charge is -2.29. The van der Waals surface area contributed by atoms with E-state index in [0.717, 1.165) is 6.07 Å². The van der Waals surface area contributed by atoms with Gasteiger partial charge in [0.15, 0.2) is 5.82 Å². The monoisotopic (exact) mass is 366 g/mol. The van der Waals surface area contributed by atoms with Crippen molar-refractivity contribution in [1.29, 1.82) is 0 Å². The van der Waals surface area contributed by atoms with Gasteiger partial charge in [-0.05, 0) is 24.3 Å². The molecular weight excluding hydrogens is 350 g/mol. The number of nitrogens with two attached hydrogens (primary N) is 1. The highest BCUT2D eigenvalue weighted by Crippen LogP contribution is 2.26. The third-order valence-electron chi connectivity index (χ3n) is 3.83. The average Bonchev–Trinajstić information content (AvgIpc) is 2.58. The Morgan fingerprint density at radius 2 is 1.96 bits per heavy atom. The number of aromatic amines is 1. The number of aromatic nitrogens is 1. The molecule has 1 amide bonds. The van der Waals surface area contributed by atoms with Gasteiger partial charge in [-0.3, -0.25) is 4.79 Å². The van der Waals surface area contributed by atoms with Gasteiger partial charge in [0.2, 0.25) is 0 Å². The Hall–Kier alpha value is -2.52. The lowest BCUT2D eigenvalue weighted by Crippen LogP contribution is -2.36. The van der Waals surface area contributed by atoms with Crippen molar-refractivity contribution in [2.75, 3.05) is 36.5 Å². The van der Waals surface area contributed by atoms with Crippen LogP contribution in [0.15, 0.2) is 24.3 Å². The van der Waals surface area contributed by atoms with Gasteiger partial charge in [0.05, 0.1) is 24.5 Å². The highest BCUT2D eigenvalue weighted by atomic mass is 32.1. The Bertz CT molecular complexity index is 866. The summed E-state index contributed by atoms with van der Waals surface area (Å²) in [5.74, 6) is -1.91.